The molecule has 8 heteroatoms. The third-order valence-electron chi connectivity index (χ3n) is 1.70. The van der Waals surface area contributed by atoms with Gasteiger partial charge in [0.25, 0.3) is 0 Å². The van der Waals surface area contributed by atoms with Crippen LogP contribution in [0.15, 0.2) is 12.7 Å². The highest BCUT2D eigenvalue weighted by Crippen LogP contribution is 2.41. The summed E-state index contributed by atoms with van der Waals surface area (Å²) in [6, 6.07) is 0. The van der Waals surface area contributed by atoms with Crippen molar-refractivity contribution in [3.8, 4) is 0 Å². The molecule has 1 unspecified atom stereocenters. The first kappa shape index (κ1) is 19.6. The molecule has 0 bridgehead atoms. The van der Waals surface area contributed by atoms with Crippen LogP contribution in [0.25, 0.3) is 0 Å². The Morgan fingerprint density at radius 2 is 1.89 bits per heavy atom. The minimum atomic E-state index is -4.31. The molecule has 0 rings (SSSR count). The number of carbonyl (C=O) groups excluding carboxylic acids is 1. The summed E-state index contributed by atoms with van der Waals surface area (Å²) in [5.74, 6) is -2.26. The molecule has 0 radical (unpaired) electrons. The summed E-state index contributed by atoms with van der Waals surface area (Å²) in [7, 11) is 1.84. The van der Waals surface area contributed by atoms with E-state index in [-0.39, 0.29) is 6.61 Å². The number of carbonyl (C=O) groups is 1. The van der Waals surface area contributed by atoms with Crippen LogP contribution in [0, 0.1) is 0 Å². The summed E-state index contributed by atoms with van der Waals surface area (Å²) in [5.41, 5.74) is 0. The Hall–Kier alpha value is -0.720. The van der Waals surface area contributed by atoms with Gasteiger partial charge in [0.05, 0.1) is 27.7 Å². The standard InChI is InChI=1S/C5H14NO.C5H9O5P/c1-6(2,3)4-5-7;1-3-5(6)10-4(2)11(7,8)9/h7H,4-5H2,1-3H3;3-4H,1H2,2H3,(H2,7,8,9)/q+1;. The van der Waals surface area contributed by atoms with Gasteiger partial charge in [-0.25, -0.2) is 4.79 Å². The lowest BCUT2D eigenvalue weighted by Gasteiger charge is -2.21. The van der Waals surface area contributed by atoms with Crippen molar-refractivity contribution in [1.29, 1.82) is 0 Å². The second-order valence-corrected chi connectivity index (χ2v) is 6.47. The van der Waals surface area contributed by atoms with Gasteiger partial charge in [-0.15, -0.1) is 0 Å². The molecule has 7 nitrogen and oxygen atoms in total. The highest BCUT2D eigenvalue weighted by molar-refractivity contribution is 7.52. The van der Waals surface area contributed by atoms with E-state index in [1.165, 1.54) is 0 Å². The second kappa shape index (κ2) is 8.39. The molecule has 0 aliphatic carbocycles. The lowest BCUT2D eigenvalue weighted by Crippen LogP contribution is -2.36. The van der Waals surface area contributed by atoms with Gasteiger partial charge < -0.3 is 24.1 Å². The average molecular weight is 284 g/mol. The number of likely N-dealkylation sites (N-methyl/N-ethyl adjacent to an activating group) is 1. The molecule has 0 aliphatic rings. The van der Waals surface area contributed by atoms with E-state index >= 15 is 0 Å². The zero-order chi connectivity index (χ0) is 15.0. The van der Waals surface area contributed by atoms with Crippen molar-refractivity contribution in [3.63, 3.8) is 0 Å². The summed E-state index contributed by atoms with van der Waals surface area (Å²) in [5, 5.41) is 8.39. The van der Waals surface area contributed by atoms with Gasteiger partial charge in [-0.2, -0.15) is 0 Å². The van der Waals surface area contributed by atoms with Crippen LogP contribution in [0.2, 0.25) is 0 Å². The van der Waals surface area contributed by atoms with E-state index < -0.39 is 19.4 Å². The first-order valence-electron chi connectivity index (χ1n) is 5.23. The van der Waals surface area contributed by atoms with Crippen LogP contribution in [-0.4, -0.2) is 65.5 Å². The molecule has 3 N–H and O–H groups in total. The fourth-order valence-corrected chi connectivity index (χ4v) is 0.826. The lowest BCUT2D eigenvalue weighted by molar-refractivity contribution is -0.870. The highest BCUT2D eigenvalue weighted by atomic mass is 31.2. The third kappa shape index (κ3) is 13.3. The maximum Gasteiger partial charge on any atom is 0.365 e. The largest absolute Gasteiger partial charge is 0.447 e. The first-order valence-corrected chi connectivity index (χ1v) is 6.91. The normalized spacial score (nSPS) is 13.1. The van der Waals surface area contributed by atoms with Gasteiger partial charge >= 0.3 is 13.6 Å². The molecule has 108 valence electrons. The molecule has 0 fully saturated rings. The van der Waals surface area contributed by atoms with Crippen LogP contribution in [-0.2, 0) is 14.1 Å². The third-order valence-corrected chi connectivity index (χ3v) is 2.75. The number of aliphatic hydroxyl groups is 1. The molecule has 0 aliphatic heterocycles. The van der Waals surface area contributed by atoms with Crippen LogP contribution in [0.1, 0.15) is 6.92 Å². The first-order chi connectivity index (χ1) is 7.94. The van der Waals surface area contributed by atoms with Crippen LogP contribution in [0.3, 0.4) is 0 Å². The molecule has 0 aromatic rings. The minimum absolute atomic E-state index is 0.281. The minimum Gasteiger partial charge on any atom is -0.447 e. The average Bonchev–Trinajstić information content (AvgIpc) is 2.15. The number of nitrogens with zero attached hydrogens (tertiary/aromatic N) is 1. The number of hydrogen-bond donors (Lipinski definition) is 3. The van der Waals surface area contributed by atoms with Gasteiger partial charge in [0.15, 0.2) is 5.85 Å². The molecule has 0 aromatic carbocycles. The van der Waals surface area contributed by atoms with E-state index in [0.29, 0.717) is 0 Å². The van der Waals surface area contributed by atoms with Gasteiger partial charge in [-0.3, -0.25) is 4.57 Å². The summed E-state index contributed by atoms with van der Waals surface area (Å²) in [6.07, 6.45) is 0.839. The summed E-state index contributed by atoms with van der Waals surface area (Å²) in [4.78, 5) is 27.2. The number of ether oxygens (including phenoxy) is 1. The Morgan fingerprint density at radius 3 is 2.06 bits per heavy atom. The van der Waals surface area contributed by atoms with E-state index in [1.807, 2.05) is 0 Å². The van der Waals surface area contributed by atoms with Gasteiger partial charge in [0, 0.05) is 6.08 Å². The second-order valence-electron chi connectivity index (χ2n) is 4.57. The van der Waals surface area contributed by atoms with Crippen molar-refractivity contribution < 1.29 is 33.5 Å². The summed E-state index contributed by atoms with van der Waals surface area (Å²) >= 11 is 0. The molecular formula is C10H23NO6P+. The smallest absolute Gasteiger partial charge is 0.365 e. The molecule has 18 heavy (non-hydrogen) atoms. The van der Waals surface area contributed by atoms with Gasteiger partial charge in [-0.05, 0) is 6.92 Å². The van der Waals surface area contributed by atoms with E-state index in [9.17, 15) is 9.36 Å². The molecular weight excluding hydrogens is 261 g/mol. The topological polar surface area (TPSA) is 104 Å². The Kier molecular flexibility index (Phi) is 9.15. The van der Waals surface area contributed by atoms with E-state index in [4.69, 9.17) is 14.9 Å². The molecule has 0 spiro atoms. The Balaban J connectivity index is 0. The van der Waals surface area contributed by atoms with E-state index in [2.05, 4.69) is 32.5 Å². The van der Waals surface area contributed by atoms with Crippen LogP contribution in [0.5, 0.6) is 0 Å². The van der Waals surface area contributed by atoms with Crippen LogP contribution in [0.4, 0.5) is 0 Å². The van der Waals surface area contributed by atoms with Crippen molar-refractivity contribution in [2.45, 2.75) is 12.8 Å². The monoisotopic (exact) mass is 284 g/mol. The number of hydrogen-bond acceptors (Lipinski definition) is 4. The fourth-order valence-electron chi connectivity index (χ4n) is 0.585. The fraction of sp³-hybridized carbons (Fsp3) is 0.700. The van der Waals surface area contributed by atoms with Crippen molar-refractivity contribution in [2.24, 2.45) is 0 Å². The number of quaternary nitrogens is 1. The van der Waals surface area contributed by atoms with Crippen LogP contribution >= 0.6 is 7.60 Å². The molecule has 0 saturated heterocycles. The Bertz CT molecular complexity index is 306. The van der Waals surface area contributed by atoms with Crippen molar-refractivity contribution in [3.05, 3.63) is 12.7 Å². The van der Waals surface area contributed by atoms with E-state index in [1.54, 1.807) is 0 Å². The van der Waals surface area contributed by atoms with Crippen molar-refractivity contribution in [2.75, 3.05) is 34.3 Å². The Labute approximate surface area is 107 Å². The predicted molar refractivity (Wildman–Crippen MR) is 67.8 cm³/mol. The maximum absolute atomic E-state index is 10.4. The molecule has 1 atom stereocenters. The lowest BCUT2D eigenvalue weighted by atomic mass is 10.5. The molecule has 0 amide bonds. The number of rotatable bonds is 5. The van der Waals surface area contributed by atoms with Crippen molar-refractivity contribution in [1.82, 2.24) is 0 Å². The SMILES string of the molecule is C=CC(=O)OC(C)P(=O)(O)O.C[N+](C)(C)CCO. The molecule has 0 aromatic heterocycles. The van der Waals surface area contributed by atoms with Crippen molar-refractivity contribution >= 4 is 13.6 Å². The quantitative estimate of drug-likeness (QED) is 0.282. The zero-order valence-electron chi connectivity index (χ0n) is 11.2. The van der Waals surface area contributed by atoms with Gasteiger partial charge in [0.2, 0.25) is 0 Å². The predicted octanol–water partition coefficient (Wildman–Crippen LogP) is -0.0758. The summed E-state index contributed by atoms with van der Waals surface area (Å²) < 4.78 is 15.5. The van der Waals surface area contributed by atoms with Gasteiger partial charge in [0.1, 0.15) is 6.54 Å². The Morgan fingerprint density at radius 1 is 1.44 bits per heavy atom. The molecule has 0 heterocycles. The summed E-state index contributed by atoms with van der Waals surface area (Å²) in [6.45, 7) is 5.30. The zero-order valence-corrected chi connectivity index (χ0v) is 12.1. The number of aliphatic hydroxyl groups excluding tert-OH is 1. The molecule has 0 saturated carbocycles. The highest BCUT2D eigenvalue weighted by Gasteiger charge is 2.26. The maximum atomic E-state index is 10.4. The van der Waals surface area contributed by atoms with Crippen LogP contribution < -0.4 is 0 Å². The van der Waals surface area contributed by atoms with Gasteiger partial charge in [-0.1, -0.05) is 6.58 Å². The van der Waals surface area contributed by atoms with E-state index in [0.717, 1.165) is 24.0 Å². The number of esters is 1.